The van der Waals surface area contributed by atoms with Gasteiger partial charge in [-0.1, -0.05) is 0 Å². The van der Waals surface area contributed by atoms with E-state index < -0.39 is 0 Å². The van der Waals surface area contributed by atoms with Gasteiger partial charge in [0.1, 0.15) is 5.82 Å². The molecule has 1 spiro atoms. The van der Waals surface area contributed by atoms with E-state index in [0.29, 0.717) is 11.6 Å². The van der Waals surface area contributed by atoms with Gasteiger partial charge in [-0.25, -0.2) is 4.98 Å². The Morgan fingerprint density at radius 2 is 2.08 bits per heavy atom. The maximum Gasteiger partial charge on any atom is 0.253 e. The number of nitrogens with one attached hydrogen (secondary N) is 2. The molecule has 3 aliphatic rings. The van der Waals surface area contributed by atoms with Crippen molar-refractivity contribution in [1.29, 1.82) is 0 Å². The van der Waals surface area contributed by atoms with Crippen LogP contribution in [0.15, 0.2) is 18.3 Å². The van der Waals surface area contributed by atoms with Crippen LogP contribution in [0.3, 0.4) is 0 Å². The first kappa shape index (κ1) is 15.8. The quantitative estimate of drug-likeness (QED) is 0.875. The molecule has 1 saturated carbocycles. The number of anilines is 1. The van der Waals surface area contributed by atoms with Crippen LogP contribution in [0, 0.1) is 0 Å². The van der Waals surface area contributed by atoms with Gasteiger partial charge in [0.25, 0.3) is 5.91 Å². The second kappa shape index (κ2) is 6.69. The fourth-order valence-electron chi connectivity index (χ4n) is 3.81. The topological polar surface area (TPSA) is 66.5 Å². The molecule has 2 saturated heterocycles. The molecule has 6 nitrogen and oxygen atoms in total. The van der Waals surface area contributed by atoms with Crippen LogP contribution in [0.5, 0.6) is 0 Å². The first-order valence-corrected chi connectivity index (χ1v) is 9.10. The van der Waals surface area contributed by atoms with Crippen molar-refractivity contribution in [2.75, 3.05) is 37.7 Å². The lowest BCUT2D eigenvalue weighted by molar-refractivity contribution is 0.0485. The van der Waals surface area contributed by atoms with E-state index in [1.807, 2.05) is 12.1 Å². The molecule has 0 atom stereocenters. The third-order valence-electron chi connectivity index (χ3n) is 5.47. The molecular formula is C18H26N4O2. The molecule has 1 amide bonds. The van der Waals surface area contributed by atoms with Gasteiger partial charge in [0.2, 0.25) is 0 Å². The Labute approximate surface area is 143 Å². The van der Waals surface area contributed by atoms with Crippen molar-refractivity contribution in [1.82, 2.24) is 15.6 Å². The third-order valence-corrected chi connectivity index (χ3v) is 5.47. The van der Waals surface area contributed by atoms with E-state index in [4.69, 9.17) is 4.74 Å². The van der Waals surface area contributed by atoms with Gasteiger partial charge >= 0.3 is 0 Å². The Morgan fingerprint density at radius 1 is 1.25 bits per heavy atom. The largest absolute Gasteiger partial charge is 0.381 e. The smallest absolute Gasteiger partial charge is 0.253 e. The van der Waals surface area contributed by atoms with Crippen molar-refractivity contribution < 1.29 is 9.53 Å². The summed E-state index contributed by atoms with van der Waals surface area (Å²) in [4.78, 5) is 19.2. The fourth-order valence-corrected chi connectivity index (χ4v) is 3.81. The maximum atomic E-state index is 12.1. The minimum Gasteiger partial charge on any atom is -0.381 e. The second-order valence-corrected chi connectivity index (χ2v) is 7.14. The van der Waals surface area contributed by atoms with Crippen LogP contribution in [-0.4, -0.2) is 55.3 Å². The van der Waals surface area contributed by atoms with Crippen molar-refractivity contribution in [2.24, 2.45) is 0 Å². The summed E-state index contributed by atoms with van der Waals surface area (Å²) >= 11 is 0. The van der Waals surface area contributed by atoms with E-state index in [0.717, 1.165) is 70.8 Å². The summed E-state index contributed by atoms with van der Waals surface area (Å²) in [6, 6.07) is 4.29. The zero-order valence-electron chi connectivity index (χ0n) is 14.1. The van der Waals surface area contributed by atoms with Crippen LogP contribution >= 0.6 is 0 Å². The number of carbonyl (C=O) groups excluding carboxylic acids is 1. The summed E-state index contributed by atoms with van der Waals surface area (Å²) < 4.78 is 5.60. The molecule has 1 aromatic rings. The molecule has 1 aromatic heterocycles. The molecule has 4 rings (SSSR count). The minimum absolute atomic E-state index is 0.00476. The van der Waals surface area contributed by atoms with Gasteiger partial charge in [-0.3, -0.25) is 4.79 Å². The molecule has 0 bridgehead atoms. The summed E-state index contributed by atoms with van der Waals surface area (Å²) in [6.07, 6.45) is 7.12. The van der Waals surface area contributed by atoms with Crippen LogP contribution in [0.25, 0.3) is 0 Å². The highest BCUT2D eigenvalue weighted by Crippen LogP contribution is 2.35. The molecule has 0 unspecified atom stereocenters. The molecule has 130 valence electrons. The lowest BCUT2D eigenvalue weighted by Gasteiger charge is -2.46. The lowest BCUT2D eigenvalue weighted by atomic mass is 9.85. The van der Waals surface area contributed by atoms with Gasteiger partial charge in [-0.15, -0.1) is 0 Å². The molecule has 3 heterocycles. The fraction of sp³-hybridized carbons (Fsp3) is 0.667. The van der Waals surface area contributed by atoms with Crippen molar-refractivity contribution in [3.63, 3.8) is 0 Å². The normalized spacial score (nSPS) is 23.8. The van der Waals surface area contributed by atoms with Crippen molar-refractivity contribution in [3.8, 4) is 0 Å². The summed E-state index contributed by atoms with van der Waals surface area (Å²) in [5.41, 5.74) is 0.784. The molecule has 1 aliphatic carbocycles. The molecule has 6 heteroatoms. The zero-order chi connectivity index (χ0) is 16.4. The predicted octanol–water partition coefficient (Wildman–Crippen LogP) is 1.32. The first-order valence-electron chi connectivity index (χ1n) is 9.10. The summed E-state index contributed by atoms with van der Waals surface area (Å²) in [5.74, 6) is 0.971. The van der Waals surface area contributed by atoms with Crippen molar-refractivity contribution in [3.05, 3.63) is 23.9 Å². The third kappa shape index (κ3) is 3.26. The Balaban J connectivity index is 1.54. The monoisotopic (exact) mass is 330 g/mol. The number of ether oxygens (including phenoxy) is 1. The summed E-state index contributed by atoms with van der Waals surface area (Å²) in [7, 11) is 0. The number of pyridine rings is 1. The number of hydrogen-bond donors (Lipinski definition) is 2. The van der Waals surface area contributed by atoms with Gasteiger partial charge in [0, 0.05) is 44.1 Å². The average molecular weight is 330 g/mol. The van der Waals surface area contributed by atoms with E-state index in [1.165, 1.54) is 0 Å². The highest BCUT2D eigenvalue weighted by Gasteiger charge is 2.39. The maximum absolute atomic E-state index is 12.1. The highest BCUT2D eigenvalue weighted by atomic mass is 16.5. The SMILES string of the molecule is O=C(NC1CC1)c1ccc(N2CCNCCC23CCOCC3)nc1. The van der Waals surface area contributed by atoms with E-state index in [-0.39, 0.29) is 11.4 Å². The lowest BCUT2D eigenvalue weighted by Crippen LogP contribution is -2.53. The van der Waals surface area contributed by atoms with Crippen LogP contribution in [-0.2, 0) is 4.74 Å². The number of amides is 1. The first-order chi connectivity index (χ1) is 11.8. The molecule has 2 N–H and O–H groups in total. The van der Waals surface area contributed by atoms with E-state index in [1.54, 1.807) is 6.20 Å². The zero-order valence-corrected chi connectivity index (χ0v) is 14.1. The molecular weight excluding hydrogens is 304 g/mol. The van der Waals surface area contributed by atoms with Crippen LogP contribution in [0.2, 0.25) is 0 Å². The average Bonchev–Trinajstić information content (AvgIpc) is 3.44. The van der Waals surface area contributed by atoms with Gasteiger partial charge in [-0.05, 0) is 50.8 Å². The van der Waals surface area contributed by atoms with Crippen LogP contribution in [0.4, 0.5) is 5.82 Å². The molecule has 24 heavy (non-hydrogen) atoms. The predicted molar refractivity (Wildman–Crippen MR) is 92.3 cm³/mol. The number of carbonyl (C=O) groups is 1. The van der Waals surface area contributed by atoms with Gasteiger partial charge in [0.05, 0.1) is 5.56 Å². The standard InChI is InChI=1S/C18H26N4O2/c23-17(21-15-2-3-15)14-1-4-16(20-13-14)22-10-9-19-8-5-18(22)6-11-24-12-7-18/h1,4,13,15,19H,2-3,5-12H2,(H,21,23). The molecule has 2 aliphatic heterocycles. The van der Waals surface area contributed by atoms with Gasteiger partial charge in [0.15, 0.2) is 0 Å². The van der Waals surface area contributed by atoms with Gasteiger partial charge < -0.3 is 20.3 Å². The number of hydrogen-bond acceptors (Lipinski definition) is 5. The molecule has 3 fully saturated rings. The number of aromatic nitrogens is 1. The Kier molecular flexibility index (Phi) is 4.41. The second-order valence-electron chi connectivity index (χ2n) is 7.14. The minimum atomic E-state index is -0.00476. The van der Waals surface area contributed by atoms with Crippen molar-refractivity contribution >= 4 is 11.7 Å². The highest BCUT2D eigenvalue weighted by molar-refractivity contribution is 5.94. The number of nitrogens with zero attached hydrogens (tertiary/aromatic N) is 2. The molecule has 0 aromatic carbocycles. The van der Waals surface area contributed by atoms with E-state index in [2.05, 4.69) is 20.5 Å². The summed E-state index contributed by atoms with van der Waals surface area (Å²) in [5, 5.41) is 6.52. The summed E-state index contributed by atoms with van der Waals surface area (Å²) in [6.45, 7) is 4.59. The number of rotatable bonds is 3. The Hall–Kier alpha value is -1.66. The van der Waals surface area contributed by atoms with Crippen LogP contribution in [0.1, 0.15) is 42.5 Å². The van der Waals surface area contributed by atoms with Crippen molar-refractivity contribution in [2.45, 2.75) is 43.7 Å². The Bertz CT molecular complexity index is 579. The molecule has 0 radical (unpaired) electrons. The van der Waals surface area contributed by atoms with Gasteiger partial charge in [-0.2, -0.15) is 0 Å². The van der Waals surface area contributed by atoms with E-state index >= 15 is 0 Å². The van der Waals surface area contributed by atoms with E-state index in [9.17, 15) is 4.79 Å². The Morgan fingerprint density at radius 3 is 2.79 bits per heavy atom. The van der Waals surface area contributed by atoms with Crippen LogP contribution < -0.4 is 15.5 Å².